The average Bonchev–Trinajstić information content (AvgIpc) is 2.81. The molecule has 5 nitrogen and oxygen atoms in total. The van der Waals surface area contributed by atoms with Gasteiger partial charge in [-0.1, -0.05) is 18.2 Å². The van der Waals surface area contributed by atoms with Crippen molar-refractivity contribution in [2.45, 2.75) is 6.54 Å². The van der Waals surface area contributed by atoms with Crippen molar-refractivity contribution in [2.75, 3.05) is 12.3 Å². The number of anilines is 1. The van der Waals surface area contributed by atoms with Gasteiger partial charge in [0.25, 0.3) is 0 Å². The molecule has 0 aliphatic heterocycles. The van der Waals surface area contributed by atoms with Gasteiger partial charge in [-0.05, 0) is 24.3 Å². The van der Waals surface area contributed by atoms with Crippen LogP contribution in [0.3, 0.4) is 0 Å². The van der Waals surface area contributed by atoms with Crippen LogP contribution in [-0.4, -0.2) is 26.4 Å². The number of imidazole rings is 1. The van der Waals surface area contributed by atoms with Crippen LogP contribution in [0.5, 0.6) is 5.75 Å². The maximum atomic E-state index is 10.1. The highest BCUT2D eigenvalue weighted by Gasteiger charge is 2.16. The smallest absolute Gasteiger partial charge is 0.149 e. The summed E-state index contributed by atoms with van der Waals surface area (Å²) in [4.78, 5) is 4.54. The number of para-hydroxylation sites is 3. The number of hydrogen-bond donors (Lipinski definition) is 3. The van der Waals surface area contributed by atoms with Crippen LogP contribution >= 0.6 is 0 Å². The molecular weight excluding hydrogens is 254 g/mol. The summed E-state index contributed by atoms with van der Waals surface area (Å²) in [6, 6.07) is 12.8. The Morgan fingerprint density at radius 3 is 2.70 bits per heavy atom. The summed E-state index contributed by atoms with van der Waals surface area (Å²) in [5.74, 6) is 0.618. The molecule has 3 rings (SSSR count). The number of hydrogen-bond acceptors (Lipinski definition) is 4. The first-order valence-corrected chi connectivity index (χ1v) is 6.36. The van der Waals surface area contributed by atoms with Crippen molar-refractivity contribution in [3.05, 3.63) is 42.5 Å². The van der Waals surface area contributed by atoms with Crippen molar-refractivity contribution in [3.8, 4) is 17.1 Å². The predicted molar refractivity (Wildman–Crippen MR) is 78.3 cm³/mol. The second kappa shape index (κ2) is 4.86. The first-order chi connectivity index (χ1) is 9.72. The Morgan fingerprint density at radius 1 is 1.10 bits per heavy atom. The van der Waals surface area contributed by atoms with Gasteiger partial charge >= 0.3 is 0 Å². The van der Waals surface area contributed by atoms with Crippen molar-refractivity contribution in [1.29, 1.82) is 0 Å². The summed E-state index contributed by atoms with van der Waals surface area (Å²) in [5.41, 5.74) is 8.35. The molecule has 20 heavy (non-hydrogen) atoms. The van der Waals surface area contributed by atoms with Gasteiger partial charge in [0.15, 0.2) is 0 Å². The minimum atomic E-state index is -0.00354. The molecule has 1 aromatic heterocycles. The summed E-state index contributed by atoms with van der Waals surface area (Å²) in [7, 11) is 0. The summed E-state index contributed by atoms with van der Waals surface area (Å²) < 4.78 is 1.88. The lowest BCUT2D eigenvalue weighted by Crippen LogP contribution is -2.04. The van der Waals surface area contributed by atoms with E-state index in [0.717, 1.165) is 11.0 Å². The van der Waals surface area contributed by atoms with Crippen LogP contribution in [0.25, 0.3) is 22.4 Å². The topological polar surface area (TPSA) is 84.3 Å². The molecule has 0 bridgehead atoms. The van der Waals surface area contributed by atoms with E-state index in [1.165, 1.54) is 0 Å². The highest BCUT2D eigenvalue weighted by molar-refractivity contribution is 5.83. The third-order valence-corrected chi connectivity index (χ3v) is 3.29. The highest BCUT2D eigenvalue weighted by atomic mass is 16.3. The molecule has 1 heterocycles. The quantitative estimate of drug-likeness (QED) is 0.501. The van der Waals surface area contributed by atoms with Gasteiger partial charge in [-0.2, -0.15) is 0 Å². The van der Waals surface area contributed by atoms with Gasteiger partial charge in [0.05, 0.1) is 28.9 Å². The van der Waals surface area contributed by atoms with Crippen LogP contribution in [0.4, 0.5) is 5.69 Å². The van der Waals surface area contributed by atoms with Gasteiger partial charge in [-0.25, -0.2) is 4.98 Å². The highest BCUT2D eigenvalue weighted by Crippen LogP contribution is 2.34. The normalized spacial score (nSPS) is 11.1. The van der Waals surface area contributed by atoms with E-state index in [4.69, 9.17) is 5.73 Å². The van der Waals surface area contributed by atoms with E-state index in [1.54, 1.807) is 18.2 Å². The lowest BCUT2D eigenvalue weighted by Gasteiger charge is -2.10. The molecule has 0 amide bonds. The van der Waals surface area contributed by atoms with E-state index in [9.17, 15) is 10.2 Å². The number of aromatic hydroxyl groups is 1. The number of phenolic OH excluding ortho intramolecular Hbond substituents is 1. The summed E-state index contributed by atoms with van der Waals surface area (Å²) in [5, 5.41) is 19.4. The Kier molecular flexibility index (Phi) is 3.04. The number of nitrogens with zero attached hydrogens (tertiary/aromatic N) is 2. The third kappa shape index (κ3) is 1.88. The van der Waals surface area contributed by atoms with Crippen molar-refractivity contribution in [1.82, 2.24) is 9.55 Å². The number of aliphatic hydroxyl groups excluding tert-OH is 1. The molecule has 2 aromatic carbocycles. The lowest BCUT2D eigenvalue weighted by atomic mass is 10.1. The Labute approximate surface area is 115 Å². The van der Waals surface area contributed by atoms with Gasteiger partial charge in [0.2, 0.25) is 0 Å². The summed E-state index contributed by atoms with van der Waals surface area (Å²) in [6.07, 6.45) is 0. The lowest BCUT2D eigenvalue weighted by molar-refractivity contribution is 0.278. The van der Waals surface area contributed by atoms with Crippen molar-refractivity contribution >= 4 is 16.7 Å². The van der Waals surface area contributed by atoms with E-state index in [0.29, 0.717) is 23.6 Å². The molecule has 0 radical (unpaired) electrons. The molecule has 0 atom stereocenters. The number of rotatable bonds is 3. The van der Waals surface area contributed by atoms with Crippen LogP contribution in [0.15, 0.2) is 42.5 Å². The molecule has 0 aliphatic rings. The Bertz CT molecular complexity index is 765. The molecule has 3 aromatic rings. The standard InChI is InChI=1S/C15H15N3O2/c16-11-5-3-4-10(14(11)20)15-17-12-6-1-2-7-13(12)18(15)8-9-19/h1-7,19-20H,8-9,16H2. The van der Waals surface area contributed by atoms with Crippen LogP contribution in [-0.2, 0) is 6.54 Å². The van der Waals surface area contributed by atoms with Gasteiger partial charge in [-0.15, -0.1) is 0 Å². The van der Waals surface area contributed by atoms with Crippen LogP contribution < -0.4 is 5.73 Å². The number of fused-ring (bicyclic) bond motifs is 1. The fourth-order valence-corrected chi connectivity index (χ4v) is 2.35. The minimum absolute atomic E-state index is 0.00354. The van der Waals surface area contributed by atoms with E-state index in [-0.39, 0.29) is 12.4 Å². The van der Waals surface area contributed by atoms with Gasteiger partial charge < -0.3 is 20.5 Å². The van der Waals surface area contributed by atoms with Crippen molar-refractivity contribution < 1.29 is 10.2 Å². The largest absolute Gasteiger partial charge is 0.505 e. The zero-order valence-electron chi connectivity index (χ0n) is 10.8. The number of aliphatic hydroxyl groups is 1. The molecule has 0 saturated heterocycles. The van der Waals surface area contributed by atoms with Crippen molar-refractivity contribution in [2.24, 2.45) is 0 Å². The Morgan fingerprint density at radius 2 is 1.90 bits per heavy atom. The van der Waals surface area contributed by atoms with Crippen LogP contribution in [0.1, 0.15) is 0 Å². The molecule has 0 unspecified atom stereocenters. The maximum Gasteiger partial charge on any atom is 0.149 e. The Balaban J connectivity index is 2.29. The second-order valence-electron chi connectivity index (χ2n) is 4.54. The number of phenols is 1. The van der Waals surface area contributed by atoms with E-state index in [2.05, 4.69) is 4.98 Å². The predicted octanol–water partition coefficient (Wildman–Crippen LogP) is 1.98. The van der Waals surface area contributed by atoms with Crippen LogP contribution in [0, 0.1) is 0 Å². The maximum absolute atomic E-state index is 10.1. The molecule has 0 spiro atoms. The first-order valence-electron chi connectivity index (χ1n) is 6.36. The van der Waals surface area contributed by atoms with E-state index >= 15 is 0 Å². The van der Waals surface area contributed by atoms with E-state index in [1.807, 2.05) is 28.8 Å². The summed E-state index contributed by atoms with van der Waals surface area (Å²) >= 11 is 0. The average molecular weight is 269 g/mol. The number of aromatic nitrogens is 2. The monoisotopic (exact) mass is 269 g/mol. The van der Waals surface area contributed by atoms with Crippen molar-refractivity contribution in [3.63, 3.8) is 0 Å². The number of nitrogens with two attached hydrogens (primary N) is 1. The SMILES string of the molecule is Nc1cccc(-c2nc3ccccc3n2CCO)c1O. The minimum Gasteiger partial charge on any atom is -0.505 e. The second-order valence-corrected chi connectivity index (χ2v) is 4.54. The number of nitrogen functional groups attached to an aromatic ring is 1. The van der Waals surface area contributed by atoms with Gasteiger partial charge in [-0.3, -0.25) is 0 Å². The fourth-order valence-electron chi connectivity index (χ4n) is 2.35. The molecular formula is C15H15N3O2. The molecule has 0 aliphatic carbocycles. The molecule has 0 saturated carbocycles. The third-order valence-electron chi connectivity index (χ3n) is 3.29. The van der Waals surface area contributed by atoms with Gasteiger partial charge in [0, 0.05) is 6.54 Å². The zero-order valence-corrected chi connectivity index (χ0v) is 10.8. The van der Waals surface area contributed by atoms with E-state index < -0.39 is 0 Å². The Hall–Kier alpha value is -2.53. The first kappa shape index (κ1) is 12.5. The molecule has 4 N–H and O–H groups in total. The molecule has 5 heteroatoms. The molecule has 0 fully saturated rings. The zero-order chi connectivity index (χ0) is 14.1. The molecule has 102 valence electrons. The summed E-state index contributed by atoms with van der Waals surface area (Å²) in [6.45, 7) is 0.403. The van der Waals surface area contributed by atoms with Gasteiger partial charge in [0.1, 0.15) is 11.6 Å². The van der Waals surface area contributed by atoms with Crippen LogP contribution in [0.2, 0.25) is 0 Å². The number of benzene rings is 2. The fraction of sp³-hybridized carbons (Fsp3) is 0.133.